The second-order valence-corrected chi connectivity index (χ2v) is 5.81. The fraction of sp³-hybridized carbons (Fsp3) is 0. The molecule has 0 unspecified atom stereocenters. The molecule has 0 bridgehead atoms. The lowest BCUT2D eigenvalue weighted by molar-refractivity contribution is 0.475. The second kappa shape index (κ2) is 5.30. The van der Waals surface area contributed by atoms with Gasteiger partial charge in [-0.3, -0.25) is 4.72 Å². The molecule has 0 aliphatic heterocycles. The van der Waals surface area contributed by atoms with E-state index in [1.807, 2.05) is 0 Å². The van der Waals surface area contributed by atoms with Crippen LogP contribution in [-0.2, 0) is 10.0 Å². The summed E-state index contributed by atoms with van der Waals surface area (Å²) < 4.78 is 39.7. The smallest absolute Gasteiger partial charge is 0.262 e. The van der Waals surface area contributed by atoms with Crippen LogP contribution in [-0.4, -0.2) is 13.5 Å². The van der Waals surface area contributed by atoms with Crippen molar-refractivity contribution in [2.75, 3.05) is 10.5 Å². The summed E-state index contributed by atoms with van der Waals surface area (Å²) in [6, 6.07) is 8.16. The topological polar surface area (TPSA) is 116 Å². The Bertz CT molecular complexity index is 844. The van der Waals surface area contributed by atoms with Gasteiger partial charge in [0, 0.05) is 6.07 Å². The van der Waals surface area contributed by atoms with Gasteiger partial charge in [0.25, 0.3) is 10.0 Å². The number of anilines is 2. The molecule has 0 heterocycles. The van der Waals surface area contributed by atoms with Gasteiger partial charge >= 0.3 is 0 Å². The van der Waals surface area contributed by atoms with Crippen LogP contribution in [0.3, 0.4) is 0 Å². The van der Waals surface area contributed by atoms with Crippen molar-refractivity contribution >= 4 is 21.4 Å². The molecule has 0 fully saturated rings. The van der Waals surface area contributed by atoms with Crippen molar-refractivity contribution in [1.29, 1.82) is 5.26 Å². The molecule has 0 aliphatic carbocycles. The highest BCUT2D eigenvalue weighted by atomic mass is 32.2. The highest BCUT2D eigenvalue weighted by Gasteiger charge is 2.17. The second-order valence-electron chi connectivity index (χ2n) is 4.13. The molecule has 108 valence electrons. The largest absolute Gasteiger partial charge is 0.508 e. The number of nitrogens with zero attached hydrogens (tertiary/aromatic N) is 1. The van der Waals surface area contributed by atoms with E-state index < -0.39 is 15.8 Å². The summed E-state index contributed by atoms with van der Waals surface area (Å²) >= 11 is 0. The van der Waals surface area contributed by atoms with Gasteiger partial charge in [-0.25, -0.2) is 12.8 Å². The molecule has 2 aromatic rings. The maximum absolute atomic E-state index is 13.2. The maximum atomic E-state index is 13.2. The Morgan fingerprint density at radius 1 is 1.24 bits per heavy atom. The summed E-state index contributed by atoms with van der Waals surface area (Å²) in [5.74, 6) is -0.912. The van der Waals surface area contributed by atoms with Gasteiger partial charge in [-0.1, -0.05) is 0 Å². The third-order valence-electron chi connectivity index (χ3n) is 2.65. The van der Waals surface area contributed by atoms with Crippen LogP contribution in [0.25, 0.3) is 0 Å². The molecule has 2 rings (SSSR count). The van der Waals surface area contributed by atoms with E-state index in [-0.39, 0.29) is 27.6 Å². The number of nitrogens with one attached hydrogen (secondary N) is 1. The molecule has 0 saturated carbocycles. The number of halogens is 1. The van der Waals surface area contributed by atoms with Crippen molar-refractivity contribution in [2.24, 2.45) is 0 Å². The third-order valence-corrected chi connectivity index (χ3v) is 4.01. The van der Waals surface area contributed by atoms with Crippen molar-refractivity contribution in [2.45, 2.75) is 4.90 Å². The summed E-state index contributed by atoms with van der Waals surface area (Å²) in [6.07, 6.45) is 0. The summed E-state index contributed by atoms with van der Waals surface area (Å²) in [5.41, 5.74) is 5.30. The fourth-order valence-corrected chi connectivity index (χ4v) is 2.72. The van der Waals surface area contributed by atoms with Crippen LogP contribution < -0.4 is 10.5 Å². The summed E-state index contributed by atoms with van der Waals surface area (Å²) in [7, 11) is -4.03. The molecule has 6 nitrogen and oxygen atoms in total. The Morgan fingerprint density at radius 2 is 1.95 bits per heavy atom. The summed E-state index contributed by atoms with van der Waals surface area (Å²) in [6.45, 7) is 0. The standard InChI is InChI=1S/C13H10FN3O3S/c14-11-3-2-10(5-8(11)7-15)21(19,20)17-13-4-1-9(18)6-12(13)16/h1-6,17-18H,16H2. The molecule has 0 amide bonds. The summed E-state index contributed by atoms with van der Waals surface area (Å²) in [4.78, 5) is -0.270. The van der Waals surface area contributed by atoms with E-state index in [4.69, 9.17) is 11.0 Å². The lowest BCUT2D eigenvalue weighted by Crippen LogP contribution is -2.14. The van der Waals surface area contributed by atoms with Crippen LogP contribution in [0, 0.1) is 17.1 Å². The number of sulfonamides is 1. The SMILES string of the molecule is N#Cc1cc(S(=O)(=O)Nc2ccc(O)cc2N)ccc1F. The molecule has 0 atom stereocenters. The Morgan fingerprint density at radius 3 is 2.57 bits per heavy atom. The van der Waals surface area contributed by atoms with Gasteiger partial charge in [0.15, 0.2) is 0 Å². The number of benzene rings is 2. The normalized spacial score (nSPS) is 10.9. The van der Waals surface area contributed by atoms with Crippen LogP contribution in [0.4, 0.5) is 15.8 Å². The van der Waals surface area contributed by atoms with Gasteiger partial charge in [-0.05, 0) is 30.3 Å². The maximum Gasteiger partial charge on any atom is 0.262 e. The van der Waals surface area contributed by atoms with Crippen LogP contribution in [0.5, 0.6) is 5.75 Å². The van der Waals surface area contributed by atoms with Crippen molar-refractivity contribution in [3.63, 3.8) is 0 Å². The van der Waals surface area contributed by atoms with E-state index in [9.17, 15) is 17.9 Å². The van der Waals surface area contributed by atoms with Crippen molar-refractivity contribution in [3.8, 4) is 11.8 Å². The molecule has 2 aromatic carbocycles. The predicted octanol–water partition coefficient (Wildman–Crippen LogP) is 1.79. The minimum Gasteiger partial charge on any atom is -0.508 e. The molecular formula is C13H10FN3O3S. The van der Waals surface area contributed by atoms with Gasteiger partial charge in [0.2, 0.25) is 0 Å². The molecule has 0 aromatic heterocycles. The molecule has 0 saturated heterocycles. The van der Waals surface area contributed by atoms with E-state index in [0.29, 0.717) is 0 Å². The zero-order valence-electron chi connectivity index (χ0n) is 10.5. The van der Waals surface area contributed by atoms with Gasteiger partial charge in [-0.15, -0.1) is 0 Å². The van der Waals surface area contributed by atoms with Gasteiger partial charge in [0.05, 0.1) is 21.8 Å². The number of aromatic hydroxyl groups is 1. The number of nitriles is 1. The highest BCUT2D eigenvalue weighted by molar-refractivity contribution is 7.92. The first-order valence-corrected chi connectivity index (χ1v) is 7.13. The van der Waals surface area contributed by atoms with Crippen LogP contribution >= 0.6 is 0 Å². The van der Waals surface area contributed by atoms with Crippen LogP contribution in [0.15, 0.2) is 41.3 Å². The van der Waals surface area contributed by atoms with E-state index in [0.717, 1.165) is 18.2 Å². The van der Waals surface area contributed by atoms with Crippen molar-refractivity contribution in [3.05, 3.63) is 47.8 Å². The van der Waals surface area contributed by atoms with E-state index >= 15 is 0 Å². The predicted molar refractivity (Wildman–Crippen MR) is 74.4 cm³/mol. The molecular weight excluding hydrogens is 297 g/mol. The fourth-order valence-electron chi connectivity index (χ4n) is 1.60. The number of phenols is 1. The minimum absolute atomic E-state index is 0.0289. The zero-order chi connectivity index (χ0) is 15.6. The first kappa shape index (κ1) is 14.6. The van der Waals surface area contributed by atoms with Crippen molar-refractivity contribution < 1.29 is 17.9 Å². The average molecular weight is 307 g/mol. The Balaban J connectivity index is 2.41. The average Bonchev–Trinajstić information content (AvgIpc) is 2.42. The summed E-state index contributed by atoms with van der Waals surface area (Å²) in [5, 5.41) is 17.9. The highest BCUT2D eigenvalue weighted by Crippen LogP contribution is 2.26. The number of nitrogen functional groups attached to an aromatic ring is 1. The van der Waals surface area contributed by atoms with Crippen LogP contribution in [0.1, 0.15) is 5.56 Å². The first-order valence-electron chi connectivity index (χ1n) is 5.64. The van der Waals surface area contributed by atoms with Crippen LogP contribution in [0.2, 0.25) is 0 Å². The molecule has 8 heteroatoms. The lowest BCUT2D eigenvalue weighted by atomic mass is 10.2. The monoisotopic (exact) mass is 307 g/mol. The Labute approximate surface area is 120 Å². The van der Waals surface area contributed by atoms with E-state index in [1.165, 1.54) is 18.2 Å². The van der Waals surface area contributed by atoms with Gasteiger partial charge in [0.1, 0.15) is 17.6 Å². The number of phenolic OH excluding ortho intramolecular Hbond substituents is 1. The van der Waals surface area contributed by atoms with Gasteiger partial charge in [-0.2, -0.15) is 5.26 Å². The number of hydrogen-bond donors (Lipinski definition) is 3. The Hall–Kier alpha value is -2.79. The zero-order valence-corrected chi connectivity index (χ0v) is 11.4. The molecule has 4 N–H and O–H groups in total. The molecule has 0 spiro atoms. The Kier molecular flexibility index (Phi) is 3.69. The number of rotatable bonds is 3. The number of hydrogen-bond acceptors (Lipinski definition) is 5. The van der Waals surface area contributed by atoms with Gasteiger partial charge < -0.3 is 10.8 Å². The molecule has 0 aliphatic rings. The minimum atomic E-state index is -4.03. The van der Waals surface area contributed by atoms with E-state index in [2.05, 4.69) is 4.72 Å². The van der Waals surface area contributed by atoms with E-state index in [1.54, 1.807) is 6.07 Å². The quantitative estimate of drug-likeness (QED) is 0.590. The molecule has 21 heavy (non-hydrogen) atoms. The molecule has 0 radical (unpaired) electrons. The van der Waals surface area contributed by atoms with Crippen molar-refractivity contribution in [1.82, 2.24) is 0 Å². The first-order chi connectivity index (χ1) is 9.83. The lowest BCUT2D eigenvalue weighted by Gasteiger charge is -2.11. The number of nitrogens with two attached hydrogens (primary N) is 1. The third kappa shape index (κ3) is 3.04.